The Morgan fingerprint density at radius 3 is 2.33 bits per heavy atom. The maximum absolute atomic E-state index is 13.2. The SMILES string of the molecule is CCc1cccc(CNC[C@@H](O)[C@@H](C)Cc2cc(F)cc(F)c2)c1. The lowest BCUT2D eigenvalue weighted by Crippen LogP contribution is -2.32. The normalized spacial score (nSPS) is 13.7. The van der Waals surface area contributed by atoms with E-state index in [9.17, 15) is 13.9 Å². The average Bonchev–Trinajstić information content (AvgIpc) is 2.54. The fourth-order valence-electron chi connectivity index (χ4n) is 2.76. The standard InChI is InChI=1S/C20H25F2NO/c1-3-15-5-4-6-16(8-15)12-23-13-20(24)14(2)7-17-9-18(21)11-19(22)10-17/h4-6,8-11,14,20,23-24H,3,7,12-13H2,1-2H3/t14-,20+/m0/s1. The molecule has 24 heavy (non-hydrogen) atoms. The van der Waals surface area contributed by atoms with Gasteiger partial charge in [-0.2, -0.15) is 0 Å². The second-order valence-corrected chi connectivity index (χ2v) is 6.33. The highest BCUT2D eigenvalue weighted by Crippen LogP contribution is 2.15. The van der Waals surface area contributed by atoms with Crippen LogP contribution in [0.1, 0.15) is 30.5 Å². The van der Waals surface area contributed by atoms with Crippen molar-refractivity contribution >= 4 is 0 Å². The van der Waals surface area contributed by atoms with E-state index in [4.69, 9.17) is 0 Å². The molecule has 2 rings (SSSR count). The predicted molar refractivity (Wildman–Crippen MR) is 92.8 cm³/mol. The van der Waals surface area contributed by atoms with Gasteiger partial charge in [0, 0.05) is 19.2 Å². The lowest BCUT2D eigenvalue weighted by molar-refractivity contribution is 0.114. The molecular weight excluding hydrogens is 308 g/mol. The maximum Gasteiger partial charge on any atom is 0.126 e. The van der Waals surface area contributed by atoms with Crippen LogP contribution >= 0.6 is 0 Å². The summed E-state index contributed by atoms with van der Waals surface area (Å²) in [4.78, 5) is 0. The van der Waals surface area contributed by atoms with Gasteiger partial charge in [0.05, 0.1) is 6.10 Å². The van der Waals surface area contributed by atoms with E-state index in [0.717, 1.165) is 12.5 Å². The number of aryl methyl sites for hydroxylation is 1. The monoisotopic (exact) mass is 333 g/mol. The minimum Gasteiger partial charge on any atom is -0.392 e. The molecule has 0 bridgehead atoms. The number of aliphatic hydroxyl groups is 1. The van der Waals surface area contributed by atoms with Crippen LogP contribution in [0.15, 0.2) is 42.5 Å². The third kappa shape index (κ3) is 5.69. The summed E-state index contributed by atoms with van der Waals surface area (Å²) in [6.07, 6.45) is 0.853. The first-order valence-corrected chi connectivity index (χ1v) is 8.39. The van der Waals surface area contributed by atoms with Gasteiger partial charge in [-0.25, -0.2) is 8.78 Å². The van der Waals surface area contributed by atoms with E-state index < -0.39 is 17.7 Å². The van der Waals surface area contributed by atoms with Gasteiger partial charge in [0.1, 0.15) is 11.6 Å². The number of aliphatic hydroxyl groups excluding tert-OH is 1. The lowest BCUT2D eigenvalue weighted by Gasteiger charge is -2.19. The van der Waals surface area contributed by atoms with E-state index in [1.807, 2.05) is 13.0 Å². The van der Waals surface area contributed by atoms with E-state index >= 15 is 0 Å². The molecule has 0 heterocycles. The molecule has 0 unspecified atom stereocenters. The fraction of sp³-hybridized carbons (Fsp3) is 0.400. The molecule has 2 nitrogen and oxygen atoms in total. The van der Waals surface area contributed by atoms with Gasteiger partial charge in [-0.15, -0.1) is 0 Å². The smallest absolute Gasteiger partial charge is 0.126 e. The van der Waals surface area contributed by atoms with Gasteiger partial charge in [-0.3, -0.25) is 0 Å². The van der Waals surface area contributed by atoms with Crippen LogP contribution in [0.25, 0.3) is 0 Å². The first kappa shape index (κ1) is 18.6. The summed E-state index contributed by atoms with van der Waals surface area (Å²) >= 11 is 0. The molecule has 0 aromatic heterocycles. The summed E-state index contributed by atoms with van der Waals surface area (Å²) in [5, 5.41) is 13.5. The van der Waals surface area contributed by atoms with Crippen molar-refractivity contribution in [3.8, 4) is 0 Å². The van der Waals surface area contributed by atoms with Crippen molar-refractivity contribution in [2.45, 2.75) is 39.3 Å². The molecule has 0 fully saturated rings. The first-order chi connectivity index (χ1) is 11.5. The van der Waals surface area contributed by atoms with Gasteiger partial charge >= 0.3 is 0 Å². The van der Waals surface area contributed by atoms with E-state index in [2.05, 4.69) is 30.4 Å². The quantitative estimate of drug-likeness (QED) is 0.769. The van der Waals surface area contributed by atoms with Gasteiger partial charge in [0.15, 0.2) is 0 Å². The highest BCUT2D eigenvalue weighted by molar-refractivity contribution is 5.23. The van der Waals surface area contributed by atoms with Gasteiger partial charge in [0.2, 0.25) is 0 Å². The Balaban J connectivity index is 1.81. The number of halogens is 2. The van der Waals surface area contributed by atoms with Crippen LogP contribution in [0.4, 0.5) is 8.78 Å². The fourth-order valence-corrected chi connectivity index (χ4v) is 2.76. The summed E-state index contributed by atoms with van der Waals surface area (Å²) < 4.78 is 26.4. The molecule has 0 aliphatic rings. The van der Waals surface area contributed by atoms with Crippen molar-refractivity contribution in [2.75, 3.05) is 6.54 Å². The Kier molecular flexibility index (Phi) is 6.88. The molecule has 0 saturated carbocycles. The molecule has 0 spiro atoms. The van der Waals surface area contributed by atoms with Crippen LogP contribution in [0.2, 0.25) is 0 Å². The number of hydrogen-bond donors (Lipinski definition) is 2. The third-order valence-electron chi connectivity index (χ3n) is 4.22. The van der Waals surface area contributed by atoms with Gasteiger partial charge in [-0.05, 0) is 47.6 Å². The van der Waals surface area contributed by atoms with Crippen LogP contribution < -0.4 is 5.32 Å². The Bertz CT molecular complexity index is 640. The minimum absolute atomic E-state index is 0.0966. The Labute approximate surface area is 142 Å². The Morgan fingerprint density at radius 1 is 1.00 bits per heavy atom. The summed E-state index contributed by atoms with van der Waals surface area (Å²) in [6.45, 7) is 5.13. The molecule has 0 amide bonds. The van der Waals surface area contributed by atoms with Crippen LogP contribution in [0, 0.1) is 17.6 Å². The Morgan fingerprint density at radius 2 is 1.67 bits per heavy atom. The summed E-state index contributed by atoms with van der Waals surface area (Å²) in [7, 11) is 0. The van der Waals surface area contributed by atoms with Crippen molar-refractivity contribution in [2.24, 2.45) is 5.92 Å². The lowest BCUT2D eigenvalue weighted by atomic mass is 9.95. The molecule has 0 aliphatic carbocycles. The number of benzene rings is 2. The van der Waals surface area contributed by atoms with E-state index in [1.54, 1.807) is 0 Å². The highest BCUT2D eigenvalue weighted by atomic mass is 19.1. The van der Waals surface area contributed by atoms with E-state index in [1.165, 1.54) is 23.3 Å². The number of nitrogens with one attached hydrogen (secondary N) is 1. The zero-order chi connectivity index (χ0) is 17.5. The zero-order valence-corrected chi connectivity index (χ0v) is 14.2. The molecule has 4 heteroatoms. The van der Waals surface area contributed by atoms with Gasteiger partial charge in [0.25, 0.3) is 0 Å². The molecule has 0 aliphatic heterocycles. The van der Waals surface area contributed by atoms with Crippen molar-refractivity contribution in [1.82, 2.24) is 5.32 Å². The third-order valence-corrected chi connectivity index (χ3v) is 4.22. The molecule has 2 aromatic rings. The molecule has 0 radical (unpaired) electrons. The van der Waals surface area contributed by atoms with Crippen LogP contribution in [-0.4, -0.2) is 17.8 Å². The van der Waals surface area contributed by atoms with Crippen LogP contribution in [-0.2, 0) is 19.4 Å². The second kappa shape index (κ2) is 8.90. The minimum atomic E-state index is -0.583. The molecule has 2 N–H and O–H groups in total. The van der Waals surface area contributed by atoms with Crippen LogP contribution in [0.3, 0.4) is 0 Å². The van der Waals surface area contributed by atoms with Crippen molar-refractivity contribution in [3.05, 3.63) is 70.8 Å². The second-order valence-electron chi connectivity index (χ2n) is 6.33. The molecule has 2 atom stereocenters. The van der Waals surface area contributed by atoms with Crippen molar-refractivity contribution < 1.29 is 13.9 Å². The summed E-state index contributed by atoms with van der Waals surface area (Å²) in [5.41, 5.74) is 3.03. The predicted octanol–water partition coefficient (Wildman–Crippen LogP) is 3.86. The molecule has 0 saturated heterocycles. The molecular formula is C20H25F2NO. The first-order valence-electron chi connectivity index (χ1n) is 8.39. The average molecular weight is 333 g/mol. The summed E-state index contributed by atoms with van der Waals surface area (Å²) in [5.74, 6) is -1.26. The topological polar surface area (TPSA) is 32.3 Å². The largest absolute Gasteiger partial charge is 0.392 e. The zero-order valence-electron chi connectivity index (χ0n) is 14.2. The van der Waals surface area contributed by atoms with Crippen molar-refractivity contribution in [3.63, 3.8) is 0 Å². The number of rotatable bonds is 8. The van der Waals surface area contributed by atoms with Crippen LogP contribution in [0.5, 0.6) is 0 Å². The van der Waals surface area contributed by atoms with Gasteiger partial charge < -0.3 is 10.4 Å². The van der Waals surface area contributed by atoms with Gasteiger partial charge in [-0.1, -0.05) is 38.1 Å². The highest BCUT2D eigenvalue weighted by Gasteiger charge is 2.15. The number of hydrogen-bond acceptors (Lipinski definition) is 2. The maximum atomic E-state index is 13.2. The molecule has 130 valence electrons. The summed E-state index contributed by atoms with van der Waals surface area (Å²) in [6, 6.07) is 11.8. The molecule has 2 aromatic carbocycles. The van der Waals surface area contributed by atoms with E-state index in [0.29, 0.717) is 25.1 Å². The van der Waals surface area contributed by atoms with Crippen molar-refractivity contribution in [1.29, 1.82) is 0 Å². The van der Waals surface area contributed by atoms with E-state index in [-0.39, 0.29) is 5.92 Å². The Hall–Kier alpha value is -1.78.